The van der Waals surface area contributed by atoms with Crippen molar-refractivity contribution in [3.8, 4) is 0 Å². The average molecular weight is 279 g/mol. The molecule has 0 saturated carbocycles. The van der Waals surface area contributed by atoms with Crippen LogP contribution in [-0.4, -0.2) is 35.9 Å². The monoisotopic (exact) mass is 279 g/mol. The number of carbonyl (C=O) groups excluding carboxylic acids is 1. The second-order valence-electron chi connectivity index (χ2n) is 4.64. The Morgan fingerprint density at radius 3 is 2.80 bits per heavy atom. The molecule has 1 amide bonds. The van der Waals surface area contributed by atoms with Crippen LogP contribution in [0.2, 0.25) is 0 Å². The molecule has 0 aliphatic rings. The molecule has 20 heavy (non-hydrogen) atoms. The first kappa shape index (κ1) is 16.1. The molecular weight excluding hydrogens is 258 g/mol. The first-order chi connectivity index (χ1) is 9.47. The van der Waals surface area contributed by atoms with E-state index in [2.05, 4.69) is 5.32 Å². The van der Waals surface area contributed by atoms with Crippen LogP contribution in [0, 0.1) is 10.1 Å². The van der Waals surface area contributed by atoms with Gasteiger partial charge in [0.1, 0.15) is 0 Å². The topological polar surface area (TPSA) is 75.5 Å². The molecule has 1 unspecified atom stereocenters. The Kier molecular flexibility index (Phi) is 6.11. The quantitative estimate of drug-likeness (QED) is 0.471. The first-order valence-corrected chi connectivity index (χ1v) is 6.68. The van der Waals surface area contributed by atoms with E-state index in [0.29, 0.717) is 13.0 Å². The highest BCUT2D eigenvalue weighted by molar-refractivity contribution is 5.76. The van der Waals surface area contributed by atoms with Crippen LogP contribution in [0.5, 0.6) is 0 Å². The molecule has 110 valence electrons. The van der Waals surface area contributed by atoms with Gasteiger partial charge in [0.25, 0.3) is 5.69 Å². The number of nitrogens with zero attached hydrogens (tertiary/aromatic N) is 2. The molecule has 0 aliphatic heterocycles. The molecule has 1 rings (SSSR count). The van der Waals surface area contributed by atoms with Gasteiger partial charge in [-0.25, -0.2) is 0 Å². The summed E-state index contributed by atoms with van der Waals surface area (Å²) in [5.41, 5.74) is 0.807. The SMILES string of the molecule is CCNCCC(=O)N(C)C(C)c1cccc([N+](=O)[O-])c1. The summed E-state index contributed by atoms with van der Waals surface area (Å²) >= 11 is 0. The van der Waals surface area contributed by atoms with Crippen molar-refractivity contribution in [3.63, 3.8) is 0 Å². The molecule has 0 aromatic heterocycles. The molecule has 0 bridgehead atoms. The van der Waals surface area contributed by atoms with Crippen LogP contribution in [-0.2, 0) is 4.79 Å². The maximum atomic E-state index is 12.0. The van der Waals surface area contributed by atoms with E-state index in [1.54, 1.807) is 24.1 Å². The highest BCUT2D eigenvalue weighted by Crippen LogP contribution is 2.23. The van der Waals surface area contributed by atoms with Crippen LogP contribution in [0.4, 0.5) is 5.69 Å². The van der Waals surface area contributed by atoms with E-state index in [-0.39, 0.29) is 17.6 Å². The van der Waals surface area contributed by atoms with Crippen molar-refractivity contribution in [2.24, 2.45) is 0 Å². The average Bonchev–Trinajstić information content (AvgIpc) is 2.45. The second kappa shape index (κ2) is 7.59. The van der Waals surface area contributed by atoms with Gasteiger partial charge in [-0.1, -0.05) is 19.1 Å². The van der Waals surface area contributed by atoms with E-state index < -0.39 is 4.92 Å². The van der Waals surface area contributed by atoms with Gasteiger partial charge in [-0.3, -0.25) is 14.9 Å². The summed E-state index contributed by atoms with van der Waals surface area (Å²) < 4.78 is 0. The van der Waals surface area contributed by atoms with Crippen molar-refractivity contribution in [3.05, 3.63) is 39.9 Å². The highest BCUT2D eigenvalue weighted by atomic mass is 16.6. The zero-order valence-electron chi connectivity index (χ0n) is 12.1. The van der Waals surface area contributed by atoms with Gasteiger partial charge in [0.05, 0.1) is 11.0 Å². The molecule has 1 aromatic rings. The summed E-state index contributed by atoms with van der Waals surface area (Å²) in [5.74, 6) is 0.0185. The lowest BCUT2D eigenvalue weighted by Gasteiger charge is -2.25. The number of benzene rings is 1. The third kappa shape index (κ3) is 4.31. The minimum atomic E-state index is -0.427. The minimum Gasteiger partial charge on any atom is -0.339 e. The molecule has 6 heteroatoms. The van der Waals surface area contributed by atoms with Crippen LogP contribution >= 0.6 is 0 Å². The fourth-order valence-electron chi connectivity index (χ4n) is 1.89. The van der Waals surface area contributed by atoms with Gasteiger partial charge in [-0.15, -0.1) is 0 Å². The molecule has 1 N–H and O–H groups in total. The van der Waals surface area contributed by atoms with E-state index >= 15 is 0 Å². The third-order valence-corrected chi connectivity index (χ3v) is 3.30. The Hall–Kier alpha value is -1.95. The standard InChI is InChI=1S/C14H21N3O3/c1-4-15-9-8-14(18)16(3)11(2)12-6-5-7-13(10-12)17(19)20/h5-7,10-11,15H,4,8-9H2,1-3H3. The normalized spacial score (nSPS) is 11.9. The Balaban J connectivity index is 2.73. The number of nitro groups is 1. The lowest BCUT2D eigenvalue weighted by Crippen LogP contribution is -2.32. The number of rotatable bonds is 7. The van der Waals surface area contributed by atoms with Gasteiger partial charge < -0.3 is 10.2 Å². The molecule has 0 spiro atoms. The number of nitrogens with one attached hydrogen (secondary N) is 1. The predicted octanol–water partition coefficient (Wildman–Crippen LogP) is 2.11. The van der Waals surface area contributed by atoms with E-state index in [4.69, 9.17) is 0 Å². The molecule has 1 aromatic carbocycles. The maximum Gasteiger partial charge on any atom is 0.269 e. The summed E-state index contributed by atoms with van der Waals surface area (Å²) in [7, 11) is 1.72. The Labute approximate surface area is 118 Å². The number of hydrogen-bond donors (Lipinski definition) is 1. The van der Waals surface area contributed by atoms with Crippen LogP contribution in [0.1, 0.15) is 31.9 Å². The number of hydrogen-bond acceptors (Lipinski definition) is 4. The largest absolute Gasteiger partial charge is 0.339 e. The van der Waals surface area contributed by atoms with Crippen molar-refractivity contribution in [2.45, 2.75) is 26.3 Å². The summed E-state index contributed by atoms with van der Waals surface area (Å²) in [6.45, 7) is 5.32. The van der Waals surface area contributed by atoms with Gasteiger partial charge in [-0.2, -0.15) is 0 Å². The van der Waals surface area contributed by atoms with Gasteiger partial charge in [0.2, 0.25) is 5.91 Å². The van der Waals surface area contributed by atoms with Gasteiger partial charge in [0.15, 0.2) is 0 Å². The molecule has 0 saturated heterocycles. The number of amides is 1. The Morgan fingerprint density at radius 2 is 2.20 bits per heavy atom. The second-order valence-corrected chi connectivity index (χ2v) is 4.64. The van der Waals surface area contributed by atoms with Crippen molar-refractivity contribution in [1.29, 1.82) is 0 Å². The van der Waals surface area contributed by atoms with E-state index in [1.807, 2.05) is 13.8 Å². The van der Waals surface area contributed by atoms with E-state index in [1.165, 1.54) is 12.1 Å². The number of non-ortho nitro benzene ring substituents is 1. The summed E-state index contributed by atoms with van der Waals surface area (Å²) in [4.78, 5) is 24.0. The summed E-state index contributed by atoms with van der Waals surface area (Å²) in [6, 6.07) is 6.21. The summed E-state index contributed by atoms with van der Waals surface area (Å²) in [5, 5.41) is 13.9. The van der Waals surface area contributed by atoms with Crippen LogP contribution in [0.15, 0.2) is 24.3 Å². The summed E-state index contributed by atoms with van der Waals surface area (Å²) in [6.07, 6.45) is 0.420. The lowest BCUT2D eigenvalue weighted by molar-refractivity contribution is -0.384. The van der Waals surface area contributed by atoms with E-state index in [9.17, 15) is 14.9 Å². The van der Waals surface area contributed by atoms with Crippen LogP contribution in [0.3, 0.4) is 0 Å². The predicted molar refractivity (Wildman–Crippen MR) is 77.4 cm³/mol. The van der Waals surface area contributed by atoms with Gasteiger partial charge >= 0.3 is 0 Å². The molecule has 0 heterocycles. The third-order valence-electron chi connectivity index (χ3n) is 3.30. The Morgan fingerprint density at radius 1 is 1.50 bits per heavy atom. The van der Waals surface area contributed by atoms with Crippen LogP contribution < -0.4 is 5.32 Å². The first-order valence-electron chi connectivity index (χ1n) is 6.68. The molecular formula is C14H21N3O3. The lowest BCUT2D eigenvalue weighted by atomic mass is 10.1. The smallest absolute Gasteiger partial charge is 0.269 e. The fourth-order valence-corrected chi connectivity index (χ4v) is 1.89. The zero-order valence-corrected chi connectivity index (χ0v) is 12.1. The van der Waals surface area contributed by atoms with Crippen molar-refractivity contribution in [2.75, 3.05) is 20.1 Å². The highest BCUT2D eigenvalue weighted by Gasteiger charge is 2.18. The van der Waals surface area contributed by atoms with E-state index in [0.717, 1.165) is 12.1 Å². The zero-order chi connectivity index (χ0) is 15.1. The molecule has 0 aliphatic carbocycles. The maximum absolute atomic E-state index is 12.0. The van der Waals surface area contributed by atoms with Crippen LogP contribution in [0.25, 0.3) is 0 Å². The van der Waals surface area contributed by atoms with Gasteiger partial charge in [-0.05, 0) is 19.0 Å². The fraction of sp³-hybridized carbons (Fsp3) is 0.500. The number of carbonyl (C=O) groups is 1. The molecule has 6 nitrogen and oxygen atoms in total. The molecule has 0 fully saturated rings. The molecule has 1 atom stereocenters. The molecule has 0 radical (unpaired) electrons. The van der Waals surface area contributed by atoms with Crippen molar-refractivity contribution in [1.82, 2.24) is 10.2 Å². The number of nitro benzene ring substituents is 1. The van der Waals surface area contributed by atoms with Crippen molar-refractivity contribution >= 4 is 11.6 Å². The van der Waals surface area contributed by atoms with Crippen molar-refractivity contribution < 1.29 is 9.72 Å². The van der Waals surface area contributed by atoms with Gasteiger partial charge in [0, 0.05) is 32.1 Å². The Bertz CT molecular complexity index is 476. The minimum absolute atomic E-state index is 0.0185.